The molecular formula is C15H28N2OS. The first-order valence-corrected chi connectivity index (χ1v) is 8.83. The van der Waals surface area contributed by atoms with Gasteiger partial charge in [0.25, 0.3) is 0 Å². The van der Waals surface area contributed by atoms with E-state index in [0.717, 1.165) is 11.7 Å². The number of amides is 1. The Morgan fingerprint density at radius 1 is 1.37 bits per heavy atom. The number of carbonyl (C=O) groups excluding carboxylic acids is 1. The maximum absolute atomic E-state index is 12.6. The zero-order valence-corrected chi connectivity index (χ0v) is 13.5. The van der Waals surface area contributed by atoms with Crippen molar-refractivity contribution in [1.82, 2.24) is 10.2 Å². The second-order valence-corrected chi connectivity index (χ2v) is 7.68. The van der Waals surface area contributed by atoms with Crippen molar-refractivity contribution in [3.8, 4) is 0 Å². The first-order valence-electron chi connectivity index (χ1n) is 7.78. The molecule has 0 spiro atoms. The summed E-state index contributed by atoms with van der Waals surface area (Å²) in [4.78, 5) is 14.7. The normalized spacial score (nSPS) is 35.6. The third-order valence-corrected chi connectivity index (χ3v) is 5.65. The monoisotopic (exact) mass is 284 g/mol. The van der Waals surface area contributed by atoms with Gasteiger partial charge in [-0.05, 0) is 37.4 Å². The molecule has 2 rings (SSSR count). The molecule has 1 aliphatic heterocycles. The highest BCUT2D eigenvalue weighted by Crippen LogP contribution is 2.36. The Hall–Kier alpha value is -0.220. The van der Waals surface area contributed by atoms with Crippen molar-refractivity contribution >= 4 is 17.7 Å². The number of nitrogens with zero attached hydrogens (tertiary/aromatic N) is 1. The molecule has 110 valence electrons. The van der Waals surface area contributed by atoms with Crippen LogP contribution in [0.5, 0.6) is 0 Å². The minimum Gasteiger partial charge on any atom is -0.323 e. The van der Waals surface area contributed by atoms with Crippen LogP contribution < -0.4 is 5.32 Å². The lowest BCUT2D eigenvalue weighted by atomic mass is 10.1. The molecule has 1 N–H and O–H groups in total. The van der Waals surface area contributed by atoms with E-state index in [0.29, 0.717) is 17.9 Å². The average Bonchev–Trinajstić information content (AvgIpc) is 2.94. The molecule has 1 amide bonds. The van der Waals surface area contributed by atoms with Crippen LogP contribution in [0.3, 0.4) is 0 Å². The van der Waals surface area contributed by atoms with Crippen molar-refractivity contribution in [2.75, 3.05) is 5.75 Å². The van der Waals surface area contributed by atoms with Gasteiger partial charge in [0.1, 0.15) is 0 Å². The highest BCUT2D eigenvalue weighted by Gasteiger charge is 2.44. The van der Waals surface area contributed by atoms with E-state index in [1.54, 1.807) is 0 Å². The maximum Gasteiger partial charge on any atom is 0.241 e. The van der Waals surface area contributed by atoms with Gasteiger partial charge in [0.05, 0.1) is 12.2 Å². The van der Waals surface area contributed by atoms with Crippen LogP contribution in [0.4, 0.5) is 0 Å². The second kappa shape index (κ2) is 6.49. The Kier molecular flexibility index (Phi) is 5.18. The minimum atomic E-state index is 0.0466. The standard InChI is InChI=1S/C15H28N2OS/c1-5-13-15(18)17(14(16-13)10(3)4)11-7-8-12(9-11)19-6-2/h10-14,16H,5-9H2,1-4H3. The molecule has 4 unspecified atom stereocenters. The Morgan fingerprint density at radius 2 is 2.11 bits per heavy atom. The van der Waals surface area contributed by atoms with Crippen molar-refractivity contribution in [2.24, 2.45) is 5.92 Å². The molecule has 0 aromatic rings. The highest BCUT2D eigenvalue weighted by atomic mass is 32.2. The van der Waals surface area contributed by atoms with E-state index >= 15 is 0 Å². The third kappa shape index (κ3) is 3.10. The Balaban J connectivity index is 2.06. The molecule has 4 heteroatoms. The summed E-state index contributed by atoms with van der Waals surface area (Å²) in [6.45, 7) is 8.75. The van der Waals surface area contributed by atoms with Crippen LogP contribution in [0, 0.1) is 5.92 Å². The second-order valence-electron chi connectivity index (χ2n) is 6.11. The lowest BCUT2D eigenvalue weighted by Gasteiger charge is -2.32. The number of thioether (sulfide) groups is 1. The topological polar surface area (TPSA) is 32.3 Å². The van der Waals surface area contributed by atoms with Gasteiger partial charge in [-0.2, -0.15) is 11.8 Å². The molecule has 0 aromatic heterocycles. The molecule has 2 aliphatic rings. The van der Waals surface area contributed by atoms with Crippen LogP contribution in [0.15, 0.2) is 0 Å². The van der Waals surface area contributed by atoms with Crippen LogP contribution in [0.1, 0.15) is 53.4 Å². The fourth-order valence-electron chi connectivity index (χ4n) is 3.45. The third-order valence-electron chi connectivity index (χ3n) is 4.42. The molecule has 1 heterocycles. The fourth-order valence-corrected chi connectivity index (χ4v) is 4.58. The fraction of sp³-hybridized carbons (Fsp3) is 0.933. The number of hydrogen-bond donors (Lipinski definition) is 1. The average molecular weight is 284 g/mol. The summed E-state index contributed by atoms with van der Waals surface area (Å²) < 4.78 is 0. The lowest BCUT2D eigenvalue weighted by Crippen LogP contribution is -2.46. The largest absolute Gasteiger partial charge is 0.323 e. The number of carbonyl (C=O) groups is 1. The Bertz CT molecular complexity index is 321. The molecule has 0 radical (unpaired) electrons. The van der Waals surface area contributed by atoms with Crippen LogP contribution in [-0.4, -0.2) is 40.1 Å². The summed E-state index contributed by atoms with van der Waals surface area (Å²) in [5.41, 5.74) is 0. The van der Waals surface area contributed by atoms with E-state index in [2.05, 4.69) is 49.7 Å². The van der Waals surface area contributed by atoms with E-state index in [1.165, 1.54) is 25.0 Å². The first-order chi connectivity index (χ1) is 9.08. The summed E-state index contributed by atoms with van der Waals surface area (Å²) in [7, 11) is 0. The molecule has 19 heavy (non-hydrogen) atoms. The molecule has 4 atom stereocenters. The van der Waals surface area contributed by atoms with Crippen molar-refractivity contribution in [1.29, 1.82) is 0 Å². The SMILES string of the molecule is CCSC1CCC(N2C(=O)C(CC)NC2C(C)C)C1. The van der Waals surface area contributed by atoms with Gasteiger partial charge in [0.2, 0.25) is 5.91 Å². The van der Waals surface area contributed by atoms with Crippen LogP contribution in [0.25, 0.3) is 0 Å². The smallest absolute Gasteiger partial charge is 0.241 e. The first kappa shape index (κ1) is 15.2. The van der Waals surface area contributed by atoms with E-state index in [-0.39, 0.29) is 12.2 Å². The number of hydrogen-bond acceptors (Lipinski definition) is 3. The summed E-state index contributed by atoms with van der Waals surface area (Å²) in [6.07, 6.45) is 4.79. The van der Waals surface area contributed by atoms with Crippen LogP contribution in [0.2, 0.25) is 0 Å². The van der Waals surface area contributed by atoms with Gasteiger partial charge in [0, 0.05) is 11.3 Å². The van der Waals surface area contributed by atoms with Gasteiger partial charge in [-0.15, -0.1) is 0 Å². The quantitative estimate of drug-likeness (QED) is 0.842. The number of nitrogens with one attached hydrogen (secondary N) is 1. The molecule has 0 bridgehead atoms. The van der Waals surface area contributed by atoms with Gasteiger partial charge in [-0.25, -0.2) is 0 Å². The Morgan fingerprint density at radius 3 is 2.68 bits per heavy atom. The lowest BCUT2D eigenvalue weighted by molar-refractivity contribution is -0.132. The molecule has 1 saturated carbocycles. The van der Waals surface area contributed by atoms with Gasteiger partial charge in [-0.3, -0.25) is 10.1 Å². The highest BCUT2D eigenvalue weighted by molar-refractivity contribution is 7.99. The zero-order valence-electron chi connectivity index (χ0n) is 12.7. The predicted molar refractivity (Wildman–Crippen MR) is 82.2 cm³/mol. The van der Waals surface area contributed by atoms with Gasteiger partial charge < -0.3 is 4.90 Å². The number of rotatable bonds is 5. The molecule has 3 nitrogen and oxygen atoms in total. The van der Waals surface area contributed by atoms with E-state index in [9.17, 15) is 4.79 Å². The van der Waals surface area contributed by atoms with E-state index in [1.807, 2.05) is 0 Å². The van der Waals surface area contributed by atoms with E-state index < -0.39 is 0 Å². The van der Waals surface area contributed by atoms with Crippen LogP contribution in [-0.2, 0) is 4.79 Å². The molecule has 1 saturated heterocycles. The van der Waals surface area contributed by atoms with Gasteiger partial charge in [-0.1, -0.05) is 27.7 Å². The summed E-state index contributed by atoms with van der Waals surface area (Å²) >= 11 is 2.06. The zero-order chi connectivity index (χ0) is 14.0. The molecule has 0 aromatic carbocycles. The minimum absolute atomic E-state index is 0.0466. The van der Waals surface area contributed by atoms with Crippen molar-refractivity contribution < 1.29 is 4.79 Å². The molecule has 1 aliphatic carbocycles. The van der Waals surface area contributed by atoms with E-state index in [4.69, 9.17) is 0 Å². The molecular weight excluding hydrogens is 256 g/mol. The summed E-state index contributed by atoms with van der Waals surface area (Å²) in [6, 6.07) is 0.512. The molecule has 2 fully saturated rings. The van der Waals surface area contributed by atoms with Crippen molar-refractivity contribution in [2.45, 2.75) is 76.9 Å². The van der Waals surface area contributed by atoms with Crippen molar-refractivity contribution in [3.63, 3.8) is 0 Å². The van der Waals surface area contributed by atoms with Crippen molar-refractivity contribution in [3.05, 3.63) is 0 Å². The summed E-state index contributed by atoms with van der Waals surface area (Å²) in [5.74, 6) is 2.01. The van der Waals surface area contributed by atoms with Gasteiger partial charge in [0.15, 0.2) is 0 Å². The Labute approximate surface area is 121 Å². The summed E-state index contributed by atoms with van der Waals surface area (Å²) in [5, 5.41) is 4.29. The van der Waals surface area contributed by atoms with Gasteiger partial charge >= 0.3 is 0 Å². The predicted octanol–water partition coefficient (Wildman–Crippen LogP) is 2.85. The van der Waals surface area contributed by atoms with Crippen LogP contribution >= 0.6 is 11.8 Å². The maximum atomic E-state index is 12.6.